The maximum atomic E-state index is 7.00. The first kappa shape index (κ1) is 37.0. The molecule has 1 saturated carbocycles. The number of benzene rings is 3. The van der Waals surface area contributed by atoms with Crippen LogP contribution in [0.15, 0.2) is 91.5 Å². The Balaban J connectivity index is 0.000000478. The first-order chi connectivity index (χ1) is 21.2. The van der Waals surface area contributed by atoms with Crippen LogP contribution in [0.1, 0.15) is 93.8 Å². The smallest absolute Gasteiger partial charge is 0.0711 e. The van der Waals surface area contributed by atoms with E-state index in [0.717, 1.165) is 49.8 Å². The lowest BCUT2D eigenvalue weighted by Gasteiger charge is -2.23. The van der Waals surface area contributed by atoms with Gasteiger partial charge in [0.2, 0.25) is 0 Å². The van der Waals surface area contributed by atoms with Crippen LogP contribution in [0.2, 0.25) is 0 Å². The first-order valence-corrected chi connectivity index (χ1v) is 16.7. The molecular weight excluding hydrogens is 555 g/mol. The lowest BCUT2D eigenvalue weighted by atomic mass is 9.82. The molecule has 1 aliphatic rings. The molecule has 0 atom stereocenters. The number of aliphatic hydroxyl groups is 1. The van der Waals surface area contributed by atoms with Gasteiger partial charge in [0.25, 0.3) is 0 Å². The van der Waals surface area contributed by atoms with E-state index < -0.39 is 0 Å². The van der Waals surface area contributed by atoms with Crippen LogP contribution < -0.4 is 0 Å². The number of hydrogen-bond donors (Lipinski definition) is 2. The Labute approximate surface area is 273 Å². The van der Waals surface area contributed by atoms with Gasteiger partial charge in [0.15, 0.2) is 0 Å². The Morgan fingerprint density at radius 3 is 2.23 bits per heavy atom. The third kappa shape index (κ3) is 11.7. The summed E-state index contributed by atoms with van der Waals surface area (Å²) in [4.78, 5) is 4.80. The molecule has 0 saturated heterocycles. The van der Waals surface area contributed by atoms with Gasteiger partial charge in [-0.05, 0) is 108 Å². The minimum atomic E-state index is 0.191. The van der Waals surface area contributed by atoms with Crippen molar-refractivity contribution in [2.45, 2.75) is 85.5 Å². The van der Waals surface area contributed by atoms with E-state index in [2.05, 4.69) is 138 Å². The zero-order valence-electron chi connectivity index (χ0n) is 28.2. The second-order valence-corrected chi connectivity index (χ2v) is 12.7. The van der Waals surface area contributed by atoms with Crippen molar-refractivity contribution in [3.05, 3.63) is 125 Å². The highest BCUT2D eigenvalue weighted by Gasteiger charge is 2.39. The van der Waals surface area contributed by atoms with Crippen LogP contribution in [-0.4, -0.2) is 23.0 Å². The van der Waals surface area contributed by atoms with Crippen molar-refractivity contribution in [1.29, 1.82) is 0 Å². The van der Waals surface area contributed by atoms with Crippen molar-refractivity contribution in [3.63, 3.8) is 0 Å². The number of rotatable bonds is 9. The van der Waals surface area contributed by atoms with Crippen LogP contribution in [0.5, 0.6) is 0 Å². The lowest BCUT2D eigenvalue weighted by molar-refractivity contribution is 0.399. The van der Waals surface area contributed by atoms with Crippen LogP contribution in [0, 0.1) is 12.3 Å². The van der Waals surface area contributed by atoms with Crippen molar-refractivity contribution in [3.8, 4) is 0 Å². The zero-order valence-corrected chi connectivity index (χ0v) is 29.1. The fourth-order valence-electron chi connectivity index (χ4n) is 5.23. The van der Waals surface area contributed by atoms with Crippen LogP contribution in [0.3, 0.4) is 0 Å². The van der Waals surface area contributed by atoms with E-state index in [1.807, 2.05) is 19.9 Å². The Kier molecular flexibility index (Phi) is 15.7. The fraction of sp³-hybridized carbons (Fsp3) is 0.390. The van der Waals surface area contributed by atoms with E-state index in [-0.39, 0.29) is 5.41 Å². The molecule has 0 bridgehead atoms. The zero-order chi connectivity index (χ0) is 32.6. The predicted octanol–water partition coefficient (Wildman–Crippen LogP) is 11.1. The SMILES string of the molecule is C=CCC1(CS)CC1.CC.CO.Cc1ccc2ccc(/C=C/c3cccc(CCCc4ccccc4C(C)(C)C)c3)nc2c1. The summed E-state index contributed by atoms with van der Waals surface area (Å²) in [5.41, 5.74) is 9.63. The second-order valence-electron chi connectivity index (χ2n) is 12.4. The molecule has 0 radical (unpaired) electrons. The molecule has 1 aliphatic carbocycles. The molecule has 3 aromatic carbocycles. The molecule has 3 heteroatoms. The number of thiol groups is 1. The molecule has 236 valence electrons. The molecule has 0 unspecified atom stereocenters. The molecule has 1 aromatic heterocycles. The van der Waals surface area contributed by atoms with Gasteiger partial charge in [-0.3, -0.25) is 0 Å². The monoisotopic (exact) mass is 609 g/mol. The summed E-state index contributed by atoms with van der Waals surface area (Å²) in [6.07, 6.45) is 13.5. The standard InChI is InChI=1S/C31H33N.C7H12S.C2H6.CH4O/c1-23-15-17-27-18-20-28(32-30(27)21-23)19-16-25-10-7-9-24(22-25)11-8-13-26-12-5-6-14-29(26)31(2,3)4;1-2-3-7(6-8)4-5-7;2*1-2/h5-7,9-10,12,14-22H,8,11,13H2,1-4H3;2,8H,1,3-6H2;1-2H3;2H,1H3/b19-16+;;;. The van der Waals surface area contributed by atoms with Crippen molar-refractivity contribution in [2.75, 3.05) is 12.9 Å². The molecule has 4 aromatic rings. The fourth-order valence-corrected chi connectivity index (χ4v) is 5.68. The molecule has 0 amide bonds. The predicted molar refractivity (Wildman–Crippen MR) is 199 cm³/mol. The van der Waals surface area contributed by atoms with Crippen molar-refractivity contribution < 1.29 is 5.11 Å². The topological polar surface area (TPSA) is 33.1 Å². The summed E-state index contributed by atoms with van der Waals surface area (Å²) in [6.45, 7) is 16.7. The summed E-state index contributed by atoms with van der Waals surface area (Å²) in [6, 6.07) is 28.4. The third-order valence-corrected chi connectivity index (χ3v) is 8.54. The number of allylic oxidation sites excluding steroid dienone is 1. The highest BCUT2D eigenvalue weighted by atomic mass is 32.1. The summed E-state index contributed by atoms with van der Waals surface area (Å²) >= 11 is 4.25. The summed E-state index contributed by atoms with van der Waals surface area (Å²) in [7, 11) is 1.00. The van der Waals surface area contributed by atoms with Crippen LogP contribution in [-0.2, 0) is 18.3 Å². The number of aliphatic hydroxyl groups excluding tert-OH is 1. The normalized spacial score (nSPS) is 13.1. The summed E-state index contributed by atoms with van der Waals surface area (Å²) in [5.74, 6) is 1.04. The Morgan fingerprint density at radius 2 is 1.59 bits per heavy atom. The van der Waals surface area contributed by atoms with Crippen LogP contribution >= 0.6 is 12.6 Å². The Hall–Kier alpha value is -3.14. The van der Waals surface area contributed by atoms with E-state index in [0.29, 0.717) is 5.41 Å². The van der Waals surface area contributed by atoms with Gasteiger partial charge in [0.1, 0.15) is 0 Å². The average molecular weight is 610 g/mol. The van der Waals surface area contributed by atoms with E-state index in [1.165, 1.54) is 46.0 Å². The summed E-state index contributed by atoms with van der Waals surface area (Å²) in [5, 5.41) is 8.18. The van der Waals surface area contributed by atoms with Crippen molar-refractivity contribution >= 4 is 35.7 Å². The van der Waals surface area contributed by atoms with Crippen LogP contribution in [0.25, 0.3) is 23.1 Å². The molecule has 5 rings (SSSR count). The molecule has 0 spiro atoms. The molecule has 1 heterocycles. The van der Waals surface area contributed by atoms with E-state index in [9.17, 15) is 0 Å². The minimum absolute atomic E-state index is 0.191. The number of aromatic nitrogens is 1. The summed E-state index contributed by atoms with van der Waals surface area (Å²) < 4.78 is 0. The molecule has 1 fully saturated rings. The Morgan fingerprint density at radius 1 is 0.886 bits per heavy atom. The second kappa shape index (κ2) is 18.6. The minimum Gasteiger partial charge on any atom is -0.400 e. The Bertz CT molecular complexity index is 1460. The van der Waals surface area contributed by atoms with Crippen molar-refractivity contribution in [2.24, 2.45) is 5.41 Å². The van der Waals surface area contributed by atoms with Gasteiger partial charge >= 0.3 is 0 Å². The lowest BCUT2D eigenvalue weighted by Crippen LogP contribution is -2.14. The number of pyridine rings is 1. The molecule has 0 aliphatic heterocycles. The first-order valence-electron chi connectivity index (χ1n) is 16.1. The van der Waals surface area contributed by atoms with Crippen LogP contribution in [0.4, 0.5) is 0 Å². The van der Waals surface area contributed by atoms with Crippen molar-refractivity contribution in [1.82, 2.24) is 4.98 Å². The highest BCUT2D eigenvalue weighted by molar-refractivity contribution is 7.80. The maximum absolute atomic E-state index is 7.00. The van der Waals surface area contributed by atoms with Gasteiger partial charge in [0, 0.05) is 12.5 Å². The largest absolute Gasteiger partial charge is 0.400 e. The number of aryl methyl sites for hydroxylation is 3. The third-order valence-electron chi connectivity index (χ3n) is 7.87. The maximum Gasteiger partial charge on any atom is 0.0711 e. The van der Waals surface area contributed by atoms with Gasteiger partial charge in [0.05, 0.1) is 11.2 Å². The number of fused-ring (bicyclic) bond motifs is 1. The molecular formula is C41H55NOS. The van der Waals surface area contributed by atoms with Gasteiger partial charge in [-0.1, -0.05) is 114 Å². The molecule has 44 heavy (non-hydrogen) atoms. The molecule has 1 N–H and O–H groups in total. The van der Waals surface area contributed by atoms with Gasteiger partial charge in [-0.15, -0.1) is 6.58 Å². The highest BCUT2D eigenvalue weighted by Crippen LogP contribution is 2.49. The number of nitrogens with zero attached hydrogens (tertiary/aromatic N) is 1. The van der Waals surface area contributed by atoms with E-state index in [1.54, 1.807) is 0 Å². The average Bonchev–Trinajstić information content (AvgIpc) is 3.82. The van der Waals surface area contributed by atoms with Gasteiger partial charge in [-0.2, -0.15) is 12.6 Å². The van der Waals surface area contributed by atoms with Gasteiger partial charge in [-0.25, -0.2) is 4.98 Å². The number of hydrogen-bond acceptors (Lipinski definition) is 3. The quantitative estimate of drug-likeness (QED) is 0.146. The molecule has 2 nitrogen and oxygen atoms in total. The van der Waals surface area contributed by atoms with E-state index in [4.69, 9.17) is 10.1 Å². The van der Waals surface area contributed by atoms with E-state index >= 15 is 0 Å². The van der Waals surface area contributed by atoms with Gasteiger partial charge < -0.3 is 5.11 Å².